The van der Waals surface area contributed by atoms with E-state index in [0.29, 0.717) is 13.2 Å². The molecule has 2 atom stereocenters. The molecule has 0 fully saturated rings. The van der Waals surface area contributed by atoms with Gasteiger partial charge < -0.3 is 9.47 Å². The molecule has 0 aliphatic rings. The SMILES string of the molecule is CC(C)CCCC(C)CCCOc1cc2nc(-c3cccs3)c(-c3cccs3)nc2cc1OCCCC(C)CCCC(C)C. The first-order valence-corrected chi connectivity index (χ1v) is 18.7. The monoisotopic (exact) mass is 634 g/mol. The van der Waals surface area contributed by atoms with Crippen molar-refractivity contribution in [1.29, 1.82) is 0 Å². The average Bonchev–Trinajstić information content (AvgIpc) is 3.72. The second kappa shape index (κ2) is 17.9. The summed E-state index contributed by atoms with van der Waals surface area (Å²) in [6, 6.07) is 12.5. The number of benzene rings is 1. The van der Waals surface area contributed by atoms with Crippen molar-refractivity contribution in [2.75, 3.05) is 13.2 Å². The highest BCUT2D eigenvalue weighted by atomic mass is 32.1. The van der Waals surface area contributed by atoms with Gasteiger partial charge in [0.15, 0.2) is 11.5 Å². The van der Waals surface area contributed by atoms with Gasteiger partial charge in [0.1, 0.15) is 11.4 Å². The summed E-state index contributed by atoms with van der Waals surface area (Å²) in [5.74, 6) is 4.59. The molecule has 0 aliphatic carbocycles. The van der Waals surface area contributed by atoms with E-state index in [-0.39, 0.29) is 0 Å². The van der Waals surface area contributed by atoms with Crippen molar-refractivity contribution < 1.29 is 9.47 Å². The van der Waals surface area contributed by atoms with E-state index in [1.165, 1.54) is 51.4 Å². The highest BCUT2D eigenvalue weighted by molar-refractivity contribution is 7.14. The molecule has 0 spiro atoms. The first-order valence-electron chi connectivity index (χ1n) is 17.0. The van der Waals surface area contributed by atoms with Crippen LogP contribution in [0.1, 0.15) is 106 Å². The molecule has 1 aromatic carbocycles. The topological polar surface area (TPSA) is 44.2 Å². The van der Waals surface area contributed by atoms with Gasteiger partial charge in [0.2, 0.25) is 0 Å². The van der Waals surface area contributed by atoms with Crippen molar-refractivity contribution in [3.05, 3.63) is 47.2 Å². The predicted octanol–water partition coefficient (Wildman–Crippen LogP) is 12.3. The first kappa shape index (κ1) is 34.4. The van der Waals surface area contributed by atoms with Gasteiger partial charge in [0.05, 0.1) is 34.0 Å². The lowest BCUT2D eigenvalue weighted by atomic mass is 9.96. The van der Waals surface area contributed by atoms with Crippen LogP contribution in [0.2, 0.25) is 0 Å². The number of fused-ring (bicyclic) bond motifs is 1. The van der Waals surface area contributed by atoms with E-state index in [4.69, 9.17) is 19.4 Å². The quantitative estimate of drug-likeness (QED) is 0.0907. The third kappa shape index (κ3) is 10.9. The molecule has 3 heterocycles. The van der Waals surface area contributed by atoms with E-state index in [1.54, 1.807) is 22.7 Å². The molecule has 0 radical (unpaired) electrons. The molecule has 3 aromatic heterocycles. The van der Waals surface area contributed by atoms with Crippen LogP contribution in [-0.4, -0.2) is 23.2 Å². The zero-order valence-electron chi connectivity index (χ0n) is 27.9. The van der Waals surface area contributed by atoms with Crippen molar-refractivity contribution in [2.24, 2.45) is 23.7 Å². The third-order valence-corrected chi connectivity index (χ3v) is 10.1. The number of hydrogen-bond acceptors (Lipinski definition) is 6. The van der Waals surface area contributed by atoms with Gasteiger partial charge in [-0.25, -0.2) is 9.97 Å². The molecule has 0 saturated carbocycles. The Morgan fingerprint density at radius 2 is 0.977 bits per heavy atom. The summed E-state index contributed by atoms with van der Waals surface area (Å²) in [5.41, 5.74) is 3.54. The molecule has 6 heteroatoms. The second-order valence-electron chi connectivity index (χ2n) is 13.5. The Morgan fingerprint density at radius 1 is 0.568 bits per heavy atom. The van der Waals surface area contributed by atoms with Crippen LogP contribution in [0.3, 0.4) is 0 Å². The summed E-state index contributed by atoms with van der Waals surface area (Å²) < 4.78 is 12.9. The minimum atomic E-state index is 0.682. The van der Waals surface area contributed by atoms with E-state index < -0.39 is 0 Å². The van der Waals surface area contributed by atoms with E-state index in [1.807, 2.05) is 12.1 Å². The summed E-state index contributed by atoms with van der Waals surface area (Å²) >= 11 is 3.40. The molecule has 4 rings (SSSR count). The van der Waals surface area contributed by atoms with Gasteiger partial charge in [0.25, 0.3) is 0 Å². The lowest BCUT2D eigenvalue weighted by Crippen LogP contribution is -2.06. The normalized spacial score (nSPS) is 13.2. The highest BCUT2D eigenvalue weighted by Gasteiger charge is 2.18. The fourth-order valence-corrected chi connectivity index (χ4v) is 7.16. The lowest BCUT2D eigenvalue weighted by molar-refractivity contribution is 0.250. The van der Waals surface area contributed by atoms with Crippen LogP contribution in [0.5, 0.6) is 11.5 Å². The van der Waals surface area contributed by atoms with Crippen molar-refractivity contribution in [3.8, 4) is 32.6 Å². The Labute approximate surface area is 274 Å². The Balaban J connectivity index is 1.49. The summed E-state index contributed by atoms with van der Waals surface area (Å²) in [6.45, 7) is 15.4. The Hall–Kier alpha value is -2.44. The molecule has 0 N–H and O–H groups in total. The first-order chi connectivity index (χ1) is 21.3. The maximum atomic E-state index is 6.44. The van der Waals surface area contributed by atoms with E-state index >= 15 is 0 Å². The fraction of sp³-hybridized carbons (Fsp3) is 0.579. The number of aromatic nitrogens is 2. The van der Waals surface area contributed by atoms with Crippen LogP contribution in [-0.2, 0) is 0 Å². The second-order valence-corrected chi connectivity index (χ2v) is 15.4. The van der Waals surface area contributed by atoms with Crippen molar-refractivity contribution in [1.82, 2.24) is 9.97 Å². The van der Waals surface area contributed by atoms with Gasteiger partial charge in [-0.2, -0.15) is 0 Å². The van der Waals surface area contributed by atoms with Crippen LogP contribution in [0.25, 0.3) is 32.2 Å². The molecule has 0 saturated heterocycles. The number of rotatable bonds is 20. The number of nitrogens with zero attached hydrogens (tertiary/aromatic N) is 2. The number of hydrogen-bond donors (Lipinski definition) is 0. The summed E-state index contributed by atoms with van der Waals surface area (Å²) in [7, 11) is 0. The molecule has 44 heavy (non-hydrogen) atoms. The zero-order valence-corrected chi connectivity index (χ0v) is 29.6. The van der Waals surface area contributed by atoms with Gasteiger partial charge in [-0.3, -0.25) is 0 Å². The standard InChI is InChI=1S/C38H54N2O2S2/c1-27(2)13-7-15-29(5)17-9-21-41-33-25-31-32(26-34(33)42-22-10-18-30(6)16-8-14-28(3)4)40-38(36-20-12-24-44-36)37(39-31)35-19-11-23-43-35/h11-12,19-20,23-30H,7-10,13-18,21-22H2,1-6H3. The summed E-state index contributed by atoms with van der Waals surface area (Å²) in [5, 5.41) is 4.19. The maximum absolute atomic E-state index is 6.44. The number of ether oxygens (including phenoxy) is 2. The van der Waals surface area contributed by atoms with Crippen LogP contribution in [0.15, 0.2) is 47.2 Å². The molecule has 4 aromatic rings. The Bertz CT molecular complexity index is 1260. The summed E-state index contributed by atoms with van der Waals surface area (Å²) in [4.78, 5) is 12.6. The predicted molar refractivity (Wildman–Crippen MR) is 191 cm³/mol. The molecule has 4 nitrogen and oxygen atoms in total. The van der Waals surface area contributed by atoms with Crippen LogP contribution in [0.4, 0.5) is 0 Å². The van der Waals surface area contributed by atoms with Crippen LogP contribution >= 0.6 is 22.7 Å². The van der Waals surface area contributed by atoms with Gasteiger partial charge in [-0.15, -0.1) is 22.7 Å². The van der Waals surface area contributed by atoms with Crippen LogP contribution in [0, 0.1) is 23.7 Å². The minimum Gasteiger partial charge on any atom is -0.490 e. The van der Waals surface area contributed by atoms with Crippen molar-refractivity contribution in [3.63, 3.8) is 0 Å². The molecule has 0 amide bonds. The van der Waals surface area contributed by atoms with Gasteiger partial charge in [0, 0.05) is 12.1 Å². The minimum absolute atomic E-state index is 0.682. The maximum Gasteiger partial charge on any atom is 0.163 e. The van der Waals surface area contributed by atoms with Gasteiger partial charge >= 0.3 is 0 Å². The smallest absolute Gasteiger partial charge is 0.163 e. The summed E-state index contributed by atoms with van der Waals surface area (Å²) in [6.07, 6.45) is 12.3. The fourth-order valence-electron chi connectivity index (χ4n) is 5.73. The average molecular weight is 635 g/mol. The van der Waals surface area contributed by atoms with Crippen LogP contribution < -0.4 is 9.47 Å². The van der Waals surface area contributed by atoms with E-state index in [2.05, 4.69) is 76.6 Å². The van der Waals surface area contributed by atoms with E-state index in [9.17, 15) is 0 Å². The molecule has 240 valence electrons. The Morgan fingerprint density at radius 3 is 1.34 bits per heavy atom. The largest absolute Gasteiger partial charge is 0.490 e. The van der Waals surface area contributed by atoms with Crippen molar-refractivity contribution in [2.45, 2.75) is 106 Å². The van der Waals surface area contributed by atoms with Crippen molar-refractivity contribution >= 4 is 33.7 Å². The lowest BCUT2D eigenvalue weighted by Gasteiger charge is -2.17. The molecular weight excluding hydrogens is 581 g/mol. The molecular formula is C38H54N2O2S2. The van der Waals surface area contributed by atoms with E-state index in [0.717, 1.165) is 80.2 Å². The Kier molecular flexibility index (Phi) is 14.0. The van der Waals surface area contributed by atoms with Gasteiger partial charge in [-0.05, 0) is 72.2 Å². The van der Waals surface area contributed by atoms with Gasteiger partial charge in [-0.1, -0.05) is 92.2 Å². The molecule has 2 unspecified atom stereocenters. The zero-order chi connectivity index (χ0) is 31.3. The highest BCUT2D eigenvalue weighted by Crippen LogP contribution is 2.38. The molecule has 0 bridgehead atoms. The molecule has 0 aliphatic heterocycles. The number of thiophene rings is 2. The third-order valence-electron chi connectivity index (χ3n) is 8.39.